The quantitative estimate of drug-likeness (QED) is 0.853. The predicted molar refractivity (Wildman–Crippen MR) is 74.7 cm³/mol. The van der Waals surface area contributed by atoms with E-state index < -0.39 is 0 Å². The van der Waals surface area contributed by atoms with Gasteiger partial charge in [0.25, 0.3) is 0 Å². The van der Waals surface area contributed by atoms with Crippen molar-refractivity contribution in [2.45, 2.75) is 57.4 Å². The lowest BCUT2D eigenvalue weighted by Crippen LogP contribution is -2.30. The van der Waals surface area contributed by atoms with E-state index in [1.807, 2.05) is 0 Å². The van der Waals surface area contributed by atoms with Crippen LogP contribution in [0.2, 0.25) is 0 Å². The molecule has 1 aromatic carbocycles. The van der Waals surface area contributed by atoms with Crippen molar-refractivity contribution in [1.29, 1.82) is 0 Å². The van der Waals surface area contributed by atoms with Crippen LogP contribution < -0.4 is 5.32 Å². The summed E-state index contributed by atoms with van der Waals surface area (Å²) in [6.45, 7) is 4.32. The minimum absolute atomic E-state index is 0.628. The summed E-state index contributed by atoms with van der Waals surface area (Å²) >= 11 is 0. The van der Waals surface area contributed by atoms with E-state index in [4.69, 9.17) is 0 Å². The second-order valence-electron chi connectivity index (χ2n) is 6.59. The van der Waals surface area contributed by atoms with E-state index in [1.165, 1.54) is 38.5 Å². The molecule has 96 valence electrons. The minimum atomic E-state index is 0.628. The van der Waals surface area contributed by atoms with Crippen molar-refractivity contribution in [1.82, 2.24) is 5.32 Å². The molecule has 2 saturated carbocycles. The number of nitrogens with one attached hydrogen (secondary N) is 1. The molecule has 0 saturated heterocycles. The molecule has 0 aliphatic heterocycles. The van der Waals surface area contributed by atoms with E-state index in [-0.39, 0.29) is 0 Å². The van der Waals surface area contributed by atoms with Crippen molar-refractivity contribution >= 4 is 0 Å². The highest BCUT2D eigenvalue weighted by molar-refractivity contribution is 5.49. The second kappa shape index (κ2) is 3.60. The number of rotatable bonds is 3. The highest BCUT2D eigenvalue weighted by Gasteiger charge is 2.67. The van der Waals surface area contributed by atoms with Gasteiger partial charge in [-0.15, -0.1) is 0 Å². The Balaban J connectivity index is 1.76. The first kappa shape index (κ1) is 11.0. The zero-order valence-corrected chi connectivity index (χ0v) is 11.4. The van der Waals surface area contributed by atoms with Gasteiger partial charge >= 0.3 is 0 Å². The van der Waals surface area contributed by atoms with E-state index in [9.17, 15) is 0 Å². The summed E-state index contributed by atoms with van der Waals surface area (Å²) in [4.78, 5) is 0. The van der Waals surface area contributed by atoms with Crippen molar-refractivity contribution < 1.29 is 0 Å². The van der Waals surface area contributed by atoms with Crippen LogP contribution in [0.5, 0.6) is 0 Å². The van der Waals surface area contributed by atoms with Crippen LogP contribution >= 0.6 is 0 Å². The molecule has 4 rings (SSSR count). The summed E-state index contributed by atoms with van der Waals surface area (Å²) in [5.41, 5.74) is 6.38. The van der Waals surface area contributed by atoms with Crippen LogP contribution in [0.1, 0.15) is 55.7 Å². The lowest BCUT2D eigenvalue weighted by atomic mass is 9.69. The monoisotopic (exact) mass is 241 g/mol. The third-order valence-corrected chi connectivity index (χ3v) is 5.83. The molecule has 1 heteroatoms. The molecule has 0 aromatic heterocycles. The molecule has 0 atom stereocenters. The maximum atomic E-state index is 3.50. The number of benzene rings is 1. The Morgan fingerprint density at radius 1 is 1.11 bits per heavy atom. The molecule has 0 amide bonds. The lowest BCUT2D eigenvalue weighted by Gasteiger charge is -2.36. The Hall–Kier alpha value is -0.820. The average molecular weight is 241 g/mol. The topological polar surface area (TPSA) is 12.0 Å². The summed E-state index contributed by atoms with van der Waals surface area (Å²) in [6, 6.07) is 7.08. The molecule has 3 aliphatic carbocycles. The Labute approximate surface area is 110 Å². The van der Waals surface area contributed by atoms with Gasteiger partial charge in [0.15, 0.2) is 0 Å². The first-order valence-electron chi connectivity index (χ1n) is 7.63. The molecule has 0 heterocycles. The fourth-order valence-corrected chi connectivity index (χ4v) is 4.50. The molecule has 0 radical (unpaired) electrons. The molecule has 3 aliphatic rings. The third kappa shape index (κ3) is 1.31. The van der Waals surface area contributed by atoms with E-state index in [1.54, 1.807) is 16.7 Å². The average Bonchev–Trinajstić information content (AvgIpc) is 3.26. The van der Waals surface area contributed by atoms with Crippen LogP contribution in [0.25, 0.3) is 0 Å². The fourth-order valence-electron chi connectivity index (χ4n) is 4.50. The minimum Gasteiger partial charge on any atom is -0.313 e. The van der Waals surface area contributed by atoms with Crippen molar-refractivity contribution in [2.24, 2.45) is 5.41 Å². The van der Waals surface area contributed by atoms with Gasteiger partial charge < -0.3 is 5.32 Å². The number of hydrogen-bond acceptors (Lipinski definition) is 1. The van der Waals surface area contributed by atoms with Gasteiger partial charge in [0.1, 0.15) is 0 Å². The molecule has 1 nitrogen and oxygen atoms in total. The Kier molecular flexibility index (Phi) is 2.21. The maximum absolute atomic E-state index is 3.50. The maximum Gasteiger partial charge on any atom is 0.0208 e. The van der Waals surface area contributed by atoms with Gasteiger partial charge in [-0.1, -0.05) is 25.1 Å². The zero-order chi connectivity index (χ0) is 12.2. The van der Waals surface area contributed by atoms with Crippen molar-refractivity contribution in [2.75, 3.05) is 6.54 Å². The Morgan fingerprint density at radius 2 is 1.94 bits per heavy atom. The molecule has 1 aromatic rings. The summed E-state index contributed by atoms with van der Waals surface area (Å²) in [5.74, 6) is 0. The third-order valence-electron chi connectivity index (χ3n) is 5.83. The molecule has 2 fully saturated rings. The fraction of sp³-hybridized carbons (Fsp3) is 0.647. The van der Waals surface area contributed by atoms with Gasteiger partial charge in [0, 0.05) is 12.0 Å². The molecule has 2 spiro atoms. The number of fused-ring (bicyclic) bond motifs is 3. The zero-order valence-electron chi connectivity index (χ0n) is 11.4. The molecular formula is C17H23N. The summed E-state index contributed by atoms with van der Waals surface area (Å²) in [6.07, 6.45) is 8.73. The lowest BCUT2D eigenvalue weighted by molar-refractivity contribution is 0.325. The summed E-state index contributed by atoms with van der Waals surface area (Å²) in [7, 11) is 0. The first-order chi connectivity index (χ1) is 8.81. The normalized spacial score (nSPS) is 25.2. The van der Waals surface area contributed by atoms with Crippen LogP contribution in [0.3, 0.4) is 0 Å². The Morgan fingerprint density at radius 3 is 2.61 bits per heavy atom. The number of hydrogen-bond donors (Lipinski definition) is 1. The Bertz CT molecular complexity index is 480. The molecule has 1 N–H and O–H groups in total. The SMILES string of the molecule is CCNCc1cccc2c1CCC1(CC1)C21CC1. The van der Waals surface area contributed by atoms with Crippen LogP contribution in [0.4, 0.5) is 0 Å². The van der Waals surface area contributed by atoms with Gasteiger partial charge in [-0.2, -0.15) is 0 Å². The van der Waals surface area contributed by atoms with Crippen LogP contribution in [0.15, 0.2) is 18.2 Å². The molecular weight excluding hydrogens is 218 g/mol. The molecule has 18 heavy (non-hydrogen) atoms. The standard InChI is InChI=1S/C17H23N/c1-2-18-12-13-4-3-5-15-14(13)6-7-16(8-9-16)17(15)10-11-17/h3-5,18H,2,6-12H2,1H3. The van der Waals surface area contributed by atoms with Gasteiger partial charge in [-0.05, 0) is 67.2 Å². The van der Waals surface area contributed by atoms with Crippen LogP contribution in [-0.4, -0.2) is 6.54 Å². The summed E-state index contributed by atoms with van der Waals surface area (Å²) in [5, 5.41) is 3.50. The smallest absolute Gasteiger partial charge is 0.0208 e. The van der Waals surface area contributed by atoms with Crippen LogP contribution in [-0.2, 0) is 18.4 Å². The van der Waals surface area contributed by atoms with E-state index in [0.29, 0.717) is 5.41 Å². The largest absolute Gasteiger partial charge is 0.313 e. The van der Waals surface area contributed by atoms with Crippen molar-refractivity contribution in [3.63, 3.8) is 0 Å². The van der Waals surface area contributed by atoms with Crippen molar-refractivity contribution in [3.05, 3.63) is 34.9 Å². The van der Waals surface area contributed by atoms with Gasteiger partial charge in [0.2, 0.25) is 0 Å². The van der Waals surface area contributed by atoms with E-state index in [0.717, 1.165) is 18.5 Å². The summed E-state index contributed by atoms with van der Waals surface area (Å²) < 4.78 is 0. The highest BCUT2D eigenvalue weighted by Crippen LogP contribution is 2.74. The molecule has 0 unspecified atom stereocenters. The molecule has 0 bridgehead atoms. The second-order valence-corrected chi connectivity index (χ2v) is 6.59. The van der Waals surface area contributed by atoms with E-state index in [2.05, 4.69) is 30.4 Å². The van der Waals surface area contributed by atoms with Crippen molar-refractivity contribution in [3.8, 4) is 0 Å². The van der Waals surface area contributed by atoms with Crippen LogP contribution in [0, 0.1) is 5.41 Å². The van der Waals surface area contributed by atoms with Gasteiger partial charge in [-0.3, -0.25) is 0 Å². The predicted octanol–water partition coefficient (Wildman–Crippen LogP) is 3.55. The van der Waals surface area contributed by atoms with E-state index >= 15 is 0 Å². The van der Waals surface area contributed by atoms with Gasteiger partial charge in [-0.25, -0.2) is 0 Å². The first-order valence-corrected chi connectivity index (χ1v) is 7.63. The van der Waals surface area contributed by atoms with Gasteiger partial charge in [0.05, 0.1) is 0 Å². The highest BCUT2D eigenvalue weighted by atomic mass is 14.8.